The first-order chi connectivity index (χ1) is 9.61. The van der Waals surface area contributed by atoms with Gasteiger partial charge in [-0.15, -0.1) is 23.7 Å². The number of aryl methyl sites for hydroxylation is 2. The molecular weight excluding hydrogens is 304 g/mol. The van der Waals surface area contributed by atoms with Crippen LogP contribution in [0.3, 0.4) is 0 Å². The molecule has 1 heterocycles. The lowest BCUT2D eigenvalue weighted by Gasteiger charge is -2.05. The quantitative estimate of drug-likeness (QED) is 0.751. The topological polar surface area (TPSA) is 42.0 Å². The first-order valence-corrected chi connectivity index (χ1v) is 7.19. The van der Waals surface area contributed by atoms with Gasteiger partial charge in [0.25, 0.3) is 5.91 Å². The van der Waals surface area contributed by atoms with Crippen molar-refractivity contribution in [3.8, 4) is 0 Å². The molecule has 1 aromatic heterocycles. The van der Waals surface area contributed by atoms with Crippen LogP contribution in [0.25, 0.3) is 10.2 Å². The molecule has 21 heavy (non-hydrogen) atoms. The normalized spacial score (nSPS) is 10.2. The van der Waals surface area contributed by atoms with Gasteiger partial charge in [-0.25, -0.2) is 4.98 Å². The molecular formula is C16H15ClN2OS. The van der Waals surface area contributed by atoms with Crippen LogP contribution in [-0.4, -0.2) is 10.9 Å². The van der Waals surface area contributed by atoms with Crippen LogP contribution in [0.5, 0.6) is 0 Å². The number of halogens is 1. The third-order valence-electron chi connectivity index (χ3n) is 3.03. The van der Waals surface area contributed by atoms with Crippen molar-refractivity contribution >= 4 is 45.6 Å². The summed E-state index contributed by atoms with van der Waals surface area (Å²) in [6.45, 7) is 3.96. The Morgan fingerprint density at radius 2 is 1.95 bits per heavy atom. The van der Waals surface area contributed by atoms with Crippen LogP contribution in [0.4, 0.5) is 5.69 Å². The summed E-state index contributed by atoms with van der Waals surface area (Å²) >= 11 is 1.63. The summed E-state index contributed by atoms with van der Waals surface area (Å²) in [5, 5.41) is 3.96. The van der Waals surface area contributed by atoms with Crippen LogP contribution in [0.1, 0.15) is 20.9 Å². The van der Waals surface area contributed by atoms with Gasteiger partial charge >= 0.3 is 0 Å². The van der Waals surface area contributed by atoms with Crippen molar-refractivity contribution in [1.82, 2.24) is 4.98 Å². The summed E-state index contributed by atoms with van der Waals surface area (Å²) in [5.41, 5.74) is 3.52. The maximum atomic E-state index is 12.2. The number of anilines is 1. The van der Waals surface area contributed by atoms with E-state index in [0.29, 0.717) is 5.56 Å². The molecule has 1 amide bonds. The monoisotopic (exact) mass is 318 g/mol. The van der Waals surface area contributed by atoms with Gasteiger partial charge in [0.2, 0.25) is 0 Å². The van der Waals surface area contributed by atoms with Crippen LogP contribution in [0.2, 0.25) is 0 Å². The third kappa shape index (κ3) is 3.40. The van der Waals surface area contributed by atoms with Gasteiger partial charge in [0.15, 0.2) is 0 Å². The number of aromatic nitrogens is 1. The van der Waals surface area contributed by atoms with Crippen molar-refractivity contribution in [3.63, 3.8) is 0 Å². The molecule has 0 saturated carbocycles. The number of hydrogen-bond acceptors (Lipinski definition) is 3. The number of nitrogens with zero attached hydrogens (tertiary/aromatic N) is 1. The lowest BCUT2D eigenvalue weighted by Crippen LogP contribution is -2.11. The molecule has 0 saturated heterocycles. The van der Waals surface area contributed by atoms with Crippen LogP contribution < -0.4 is 5.32 Å². The van der Waals surface area contributed by atoms with Gasteiger partial charge in [0.1, 0.15) is 0 Å². The van der Waals surface area contributed by atoms with Crippen molar-refractivity contribution in [1.29, 1.82) is 0 Å². The zero-order chi connectivity index (χ0) is 14.1. The van der Waals surface area contributed by atoms with Gasteiger partial charge in [-0.1, -0.05) is 17.7 Å². The predicted octanol–water partition coefficient (Wildman–Crippen LogP) is 4.59. The largest absolute Gasteiger partial charge is 0.322 e. The fourth-order valence-electron chi connectivity index (χ4n) is 2.11. The van der Waals surface area contributed by atoms with E-state index >= 15 is 0 Å². The average molecular weight is 319 g/mol. The molecule has 3 rings (SSSR count). The van der Waals surface area contributed by atoms with Crippen LogP contribution >= 0.6 is 23.7 Å². The number of hydrogen-bond donors (Lipinski definition) is 1. The van der Waals surface area contributed by atoms with E-state index in [1.54, 1.807) is 11.3 Å². The number of benzene rings is 2. The van der Waals surface area contributed by atoms with E-state index in [-0.39, 0.29) is 18.3 Å². The smallest absolute Gasteiger partial charge is 0.255 e. The predicted molar refractivity (Wildman–Crippen MR) is 90.7 cm³/mol. The number of amides is 1. The Balaban J connectivity index is 0.00000161. The molecule has 0 radical (unpaired) electrons. The summed E-state index contributed by atoms with van der Waals surface area (Å²) in [6.07, 6.45) is 0. The Kier molecular flexibility index (Phi) is 4.60. The first-order valence-electron chi connectivity index (χ1n) is 6.37. The standard InChI is InChI=1S/C16H14N2OS.ClH/c1-10-4-3-5-12(8-10)16(19)18-13-6-7-14-15(9-13)20-11(2)17-14;/h3-9H,1-2H3,(H,18,19);1H. The van der Waals surface area contributed by atoms with Crippen molar-refractivity contribution < 1.29 is 4.79 Å². The van der Waals surface area contributed by atoms with Crippen molar-refractivity contribution in [2.45, 2.75) is 13.8 Å². The Hall–Kier alpha value is -1.91. The maximum absolute atomic E-state index is 12.2. The molecule has 1 N–H and O–H groups in total. The Morgan fingerprint density at radius 3 is 2.71 bits per heavy atom. The van der Waals surface area contributed by atoms with E-state index in [1.807, 2.05) is 56.3 Å². The van der Waals surface area contributed by atoms with E-state index in [2.05, 4.69) is 10.3 Å². The highest BCUT2D eigenvalue weighted by Gasteiger charge is 2.07. The van der Waals surface area contributed by atoms with Gasteiger partial charge in [-0.2, -0.15) is 0 Å². The summed E-state index contributed by atoms with van der Waals surface area (Å²) in [5.74, 6) is -0.0886. The van der Waals surface area contributed by atoms with Gasteiger partial charge in [-0.05, 0) is 44.2 Å². The van der Waals surface area contributed by atoms with Crippen LogP contribution in [0, 0.1) is 13.8 Å². The number of carbonyl (C=O) groups excluding carboxylic acids is 1. The van der Waals surface area contributed by atoms with E-state index in [1.165, 1.54) is 0 Å². The number of nitrogens with one attached hydrogen (secondary N) is 1. The third-order valence-corrected chi connectivity index (χ3v) is 3.97. The van der Waals surface area contributed by atoms with Crippen molar-refractivity contribution in [2.24, 2.45) is 0 Å². The minimum atomic E-state index is -0.0886. The molecule has 0 aliphatic carbocycles. The summed E-state index contributed by atoms with van der Waals surface area (Å²) in [7, 11) is 0. The molecule has 0 bridgehead atoms. The van der Waals surface area contributed by atoms with Gasteiger partial charge in [0.05, 0.1) is 15.2 Å². The molecule has 0 aliphatic heterocycles. The fourth-order valence-corrected chi connectivity index (χ4v) is 2.97. The van der Waals surface area contributed by atoms with Crippen LogP contribution in [-0.2, 0) is 0 Å². The van der Waals surface area contributed by atoms with Gasteiger partial charge in [-0.3, -0.25) is 4.79 Å². The van der Waals surface area contributed by atoms with E-state index < -0.39 is 0 Å². The highest BCUT2D eigenvalue weighted by Crippen LogP contribution is 2.25. The number of thiazole rings is 1. The Labute approximate surface area is 133 Å². The number of carbonyl (C=O) groups is 1. The van der Waals surface area contributed by atoms with E-state index in [0.717, 1.165) is 26.5 Å². The molecule has 3 nitrogen and oxygen atoms in total. The minimum Gasteiger partial charge on any atom is -0.322 e. The zero-order valence-corrected chi connectivity index (χ0v) is 13.3. The zero-order valence-electron chi connectivity index (χ0n) is 11.7. The second kappa shape index (κ2) is 6.24. The van der Waals surface area contributed by atoms with Gasteiger partial charge < -0.3 is 5.32 Å². The SMILES string of the molecule is Cc1cccc(C(=O)Nc2ccc3nc(C)sc3c2)c1.Cl. The second-order valence-electron chi connectivity index (χ2n) is 4.74. The molecule has 2 aromatic carbocycles. The molecule has 0 fully saturated rings. The molecule has 0 aliphatic rings. The minimum absolute atomic E-state index is 0. The second-order valence-corrected chi connectivity index (χ2v) is 5.97. The molecule has 5 heteroatoms. The maximum Gasteiger partial charge on any atom is 0.255 e. The van der Waals surface area contributed by atoms with Crippen molar-refractivity contribution in [2.75, 3.05) is 5.32 Å². The highest BCUT2D eigenvalue weighted by molar-refractivity contribution is 7.18. The lowest BCUT2D eigenvalue weighted by atomic mass is 10.1. The Bertz CT molecular complexity index is 798. The Morgan fingerprint density at radius 1 is 1.14 bits per heavy atom. The summed E-state index contributed by atoms with van der Waals surface area (Å²) in [4.78, 5) is 16.6. The van der Waals surface area contributed by atoms with Crippen LogP contribution in [0.15, 0.2) is 42.5 Å². The first kappa shape index (κ1) is 15.5. The summed E-state index contributed by atoms with van der Waals surface area (Å²) < 4.78 is 1.09. The molecule has 108 valence electrons. The van der Waals surface area contributed by atoms with E-state index in [4.69, 9.17) is 0 Å². The fraction of sp³-hybridized carbons (Fsp3) is 0.125. The number of fused-ring (bicyclic) bond motifs is 1. The molecule has 0 atom stereocenters. The molecule has 0 spiro atoms. The highest BCUT2D eigenvalue weighted by atomic mass is 35.5. The molecule has 3 aromatic rings. The van der Waals surface area contributed by atoms with Crippen molar-refractivity contribution in [3.05, 3.63) is 58.6 Å². The van der Waals surface area contributed by atoms with Gasteiger partial charge in [0, 0.05) is 11.3 Å². The lowest BCUT2D eigenvalue weighted by molar-refractivity contribution is 0.102. The average Bonchev–Trinajstić information content (AvgIpc) is 2.78. The molecule has 0 unspecified atom stereocenters. The number of rotatable bonds is 2. The van der Waals surface area contributed by atoms with E-state index in [9.17, 15) is 4.79 Å². The summed E-state index contributed by atoms with van der Waals surface area (Å²) in [6, 6.07) is 13.3.